The van der Waals surface area contributed by atoms with E-state index in [-0.39, 0.29) is 6.10 Å². The average molecular weight is 184 g/mol. The van der Waals surface area contributed by atoms with Gasteiger partial charge in [-0.25, -0.2) is 8.78 Å². The van der Waals surface area contributed by atoms with Crippen LogP contribution in [-0.4, -0.2) is 6.61 Å². The SMILES string of the molecule is Fc1ccc(C2CCCO2)cc1F. The lowest BCUT2D eigenvalue weighted by molar-refractivity contribution is 0.111. The van der Waals surface area contributed by atoms with E-state index in [1.807, 2.05) is 0 Å². The summed E-state index contributed by atoms with van der Waals surface area (Å²) in [5, 5.41) is 0. The third-order valence-electron chi connectivity index (χ3n) is 2.25. The van der Waals surface area contributed by atoms with Gasteiger partial charge >= 0.3 is 0 Å². The predicted molar refractivity (Wildman–Crippen MR) is 44.3 cm³/mol. The Labute approximate surface area is 75.3 Å². The van der Waals surface area contributed by atoms with Crippen molar-refractivity contribution in [3.8, 4) is 0 Å². The summed E-state index contributed by atoms with van der Waals surface area (Å²) >= 11 is 0. The molecule has 0 aliphatic carbocycles. The van der Waals surface area contributed by atoms with Crippen LogP contribution in [0.2, 0.25) is 0 Å². The van der Waals surface area contributed by atoms with Gasteiger partial charge in [-0.15, -0.1) is 0 Å². The minimum atomic E-state index is -0.804. The molecule has 1 aliphatic heterocycles. The maximum atomic E-state index is 12.8. The number of hydrogen-bond acceptors (Lipinski definition) is 1. The first-order valence-electron chi connectivity index (χ1n) is 4.34. The molecule has 0 spiro atoms. The second-order valence-corrected chi connectivity index (χ2v) is 3.18. The van der Waals surface area contributed by atoms with Crippen LogP contribution in [-0.2, 0) is 4.74 Å². The molecule has 1 aromatic carbocycles. The van der Waals surface area contributed by atoms with E-state index in [4.69, 9.17) is 4.74 Å². The summed E-state index contributed by atoms with van der Waals surface area (Å²) < 4.78 is 30.7. The van der Waals surface area contributed by atoms with Crippen molar-refractivity contribution in [3.05, 3.63) is 35.4 Å². The van der Waals surface area contributed by atoms with Crippen molar-refractivity contribution >= 4 is 0 Å². The molecule has 1 saturated heterocycles. The van der Waals surface area contributed by atoms with E-state index in [0.717, 1.165) is 24.5 Å². The maximum Gasteiger partial charge on any atom is 0.159 e. The minimum Gasteiger partial charge on any atom is -0.374 e. The van der Waals surface area contributed by atoms with Crippen LogP contribution in [0.25, 0.3) is 0 Å². The fraction of sp³-hybridized carbons (Fsp3) is 0.400. The lowest BCUT2D eigenvalue weighted by Crippen LogP contribution is -1.97. The van der Waals surface area contributed by atoms with Crippen molar-refractivity contribution in [2.24, 2.45) is 0 Å². The fourth-order valence-electron chi connectivity index (χ4n) is 1.55. The zero-order valence-electron chi connectivity index (χ0n) is 7.09. The summed E-state index contributed by atoms with van der Waals surface area (Å²) in [7, 11) is 0. The minimum absolute atomic E-state index is 0.0462. The Bertz CT molecular complexity index is 306. The van der Waals surface area contributed by atoms with Crippen molar-refractivity contribution in [2.75, 3.05) is 6.61 Å². The smallest absolute Gasteiger partial charge is 0.159 e. The van der Waals surface area contributed by atoms with Gasteiger partial charge in [0.2, 0.25) is 0 Å². The molecule has 1 nitrogen and oxygen atoms in total. The molecule has 2 rings (SSSR count). The van der Waals surface area contributed by atoms with Gasteiger partial charge in [0.15, 0.2) is 11.6 Å². The first-order chi connectivity index (χ1) is 6.27. The van der Waals surface area contributed by atoms with Crippen molar-refractivity contribution in [3.63, 3.8) is 0 Å². The Morgan fingerprint density at radius 1 is 1.23 bits per heavy atom. The van der Waals surface area contributed by atoms with E-state index < -0.39 is 11.6 Å². The molecule has 1 aromatic rings. The van der Waals surface area contributed by atoms with Crippen LogP contribution < -0.4 is 0 Å². The quantitative estimate of drug-likeness (QED) is 0.652. The van der Waals surface area contributed by atoms with Crippen LogP contribution in [0.5, 0.6) is 0 Å². The molecule has 0 bridgehead atoms. The number of hydrogen-bond donors (Lipinski definition) is 0. The van der Waals surface area contributed by atoms with Gasteiger partial charge in [0.05, 0.1) is 6.10 Å². The molecule has 70 valence electrons. The third kappa shape index (κ3) is 1.70. The summed E-state index contributed by atoms with van der Waals surface area (Å²) in [5.41, 5.74) is 0.733. The summed E-state index contributed by atoms with van der Waals surface area (Å²) in [6, 6.07) is 3.94. The molecule has 1 atom stereocenters. The Balaban J connectivity index is 2.25. The Hall–Kier alpha value is -0.960. The second kappa shape index (κ2) is 3.42. The first kappa shape index (κ1) is 8.63. The van der Waals surface area contributed by atoms with Gasteiger partial charge in [-0.05, 0) is 30.5 Å². The van der Waals surface area contributed by atoms with E-state index in [1.54, 1.807) is 6.07 Å². The molecule has 0 radical (unpaired) electrons. The summed E-state index contributed by atoms with van der Waals surface area (Å²) in [5.74, 6) is -1.60. The molecule has 13 heavy (non-hydrogen) atoms. The van der Waals surface area contributed by atoms with Gasteiger partial charge in [-0.2, -0.15) is 0 Å². The van der Waals surface area contributed by atoms with Crippen molar-refractivity contribution in [1.29, 1.82) is 0 Å². The first-order valence-corrected chi connectivity index (χ1v) is 4.34. The molecule has 0 amide bonds. The van der Waals surface area contributed by atoms with E-state index in [2.05, 4.69) is 0 Å². The van der Waals surface area contributed by atoms with Crippen LogP contribution in [0.15, 0.2) is 18.2 Å². The number of halogens is 2. The van der Waals surface area contributed by atoms with E-state index in [0.29, 0.717) is 6.61 Å². The van der Waals surface area contributed by atoms with Gasteiger partial charge in [-0.1, -0.05) is 6.07 Å². The monoisotopic (exact) mass is 184 g/mol. The molecular formula is C10H10F2O. The van der Waals surface area contributed by atoms with Crippen molar-refractivity contribution in [2.45, 2.75) is 18.9 Å². The van der Waals surface area contributed by atoms with E-state index in [1.165, 1.54) is 6.07 Å². The number of ether oxygens (including phenoxy) is 1. The summed E-state index contributed by atoms with van der Waals surface area (Å²) in [6.45, 7) is 0.712. The molecule has 1 aliphatic rings. The molecule has 1 unspecified atom stereocenters. The molecule has 0 aromatic heterocycles. The standard InChI is InChI=1S/C10H10F2O/c11-8-4-3-7(6-9(8)12)10-2-1-5-13-10/h3-4,6,10H,1-2,5H2. The predicted octanol–water partition coefficient (Wildman–Crippen LogP) is 2.82. The largest absolute Gasteiger partial charge is 0.374 e. The molecule has 3 heteroatoms. The van der Waals surface area contributed by atoms with Gasteiger partial charge < -0.3 is 4.74 Å². The number of rotatable bonds is 1. The normalized spacial score (nSPS) is 22.2. The highest BCUT2D eigenvalue weighted by molar-refractivity contribution is 5.20. The highest BCUT2D eigenvalue weighted by Crippen LogP contribution is 2.28. The highest BCUT2D eigenvalue weighted by atomic mass is 19.2. The van der Waals surface area contributed by atoms with Gasteiger partial charge in [0, 0.05) is 6.61 Å². The van der Waals surface area contributed by atoms with Crippen LogP contribution in [0, 0.1) is 11.6 Å². The maximum absolute atomic E-state index is 12.8. The van der Waals surface area contributed by atoms with Gasteiger partial charge in [0.1, 0.15) is 0 Å². The van der Waals surface area contributed by atoms with E-state index >= 15 is 0 Å². The summed E-state index contributed by atoms with van der Waals surface area (Å²) in [4.78, 5) is 0. The van der Waals surface area contributed by atoms with Crippen molar-refractivity contribution in [1.82, 2.24) is 0 Å². The highest BCUT2D eigenvalue weighted by Gasteiger charge is 2.18. The zero-order chi connectivity index (χ0) is 9.26. The average Bonchev–Trinajstić information content (AvgIpc) is 2.62. The molecule has 0 N–H and O–H groups in total. The fourth-order valence-corrected chi connectivity index (χ4v) is 1.55. The third-order valence-corrected chi connectivity index (χ3v) is 2.25. The molecule has 0 saturated carbocycles. The Morgan fingerprint density at radius 3 is 2.69 bits per heavy atom. The Morgan fingerprint density at radius 2 is 2.08 bits per heavy atom. The Kier molecular flexibility index (Phi) is 2.27. The van der Waals surface area contributed by atoms with Gasteiger partial charge in [0.25, 0.3) is 0 Å². The lowest BCUT2D eigenvalue weighted by atomic mass is 10.1. The number of benzene rings is 1. The molecular weight excluding hydrogens is 174 g/mol. The van der Waals surface area contributed by atoms with Crippen LogP contribution >= 0.6 is 0 Å². The van der Waals surface area contributed by atoms with Crippen LogP contribution in [0.3, 0.4) is 0 Å². The topological polar surface area (TPSA) is 9.23 Å². The van der Waals surface area contributed by atoms with E-state index in [9.17, 15) is 8.78 Å². The van der Waals surface area contributed by atoms with Crippen LogP contribution in [0.4, 0.5) is 8.78 Å². The zero-order valence-corrected chi connectivity index (χ0v) is 7.09. The van der Waals surface area contributed by atoms with Crippen LogP contribution in [0.1, 0.15) is 24.5 Å². The second-order valence-electron chi connectivity index (χ2n) is 3.18. The lowest BCUT2D eigenvalue weighted by Gasteiger charge is -2.09. The van der Waals surface area contributed by atoms with Gasteiger partial charge in [-0.3, -0.25) is 0 Å². The summed E-state index contributed by atoms with van der Waals surface area (Å²) in [6.07, 6.45) is 1.84. The molecule has 1 fully saturated rings. The molecule has 1 heterocycles. The van der Waals surface area contributed by atoms with Crippen molar-refractivity contribution < 1.29 is 13.5 Å².